The van der Waals surface area contributed by atoms with E-state index in [1.54, 1.807) is 0 Å². The first-order chi connectivity index (χ1) is 6.88. The maximum atomic E-state index is 3.43. The van der Waals surface area contributed by atoms with Crippen molar-refractivity contribution in [3.63, 3.8) is 0 Å². The highest BCUT2D eigenvalue weighted by molar-refractivity contribution is 4.81. The van der Waals surface area contributed by atoms with Crippen molar-refractivity contribution in [1.29, 1.82) is 0 Å². The molecule has 1 saturated carbocycles. The second kappa shape index (κ2) is 5.13. The predicted molar refractivity (Wildman–Crippen MR) is 60.5 cm³/mol. The van der Waals surface area contributed by atoms with Crippen LogP contribution in [0, 0.1) is 5.92 Å². The zero-order valence-electron chi connectivity index (χ0n) is 9.47. The van der Waals surface area contributed by atoms with Gasteiger partial charge in [-0.2, -0.15) is 0 Å². The van der Waals surface area contributed by atoms with Crippen molar-refractivity contribution >= 4 is 0 Å². The summed E-state index contributed by atoms with van der Waals surface area (Å²) >= 11 is 0. The van der Waals surface area contributed by atoms with E-state index < -0.39 is 0 Å². The van der Waals surface area contributed by atoms with Gasteiger partial charge in [-0.3, -0.25) is 4.90 Å². The molecule has 1 saturated heterocycles. The van der Waals surface area contributed by atoms with Crippen molar-refractivity contribution in [1.82, 2.24) is 10.2 Å². The summed E-state index contributed by atoms with van der Waals surface area (Å²) in [6, 6.07) is 0.831. The molecule has 1 unspecified atom stereocenters. The standard InChI is InChI=1S/C12H24N2/c1-11(12-5-3-2-4-6-12)14-9-7-13-8-10-14/h11-13H,2-10H2,1H3. The molecule has 2 rings (SSSR count). The molecule has 0 aromatic carbocycles. The van der Waals surface area contributed by atoms with E-state index in [2.05, 4.69) is 17.1 Å². The van der Waals surface area contributed by atoms with Crippen molar-refractivity contribution in [2.75, 3.05) is 26.2 Å². The van der Waals surface area contributed by atoms with Gasteiger partial charge in [-0.25, -0.2) is 0 Å². The van der Waals surface area contributed by atoms with E-state index in [0.29, 0.717) is 0 Å². The smallest absolute Gasteiger partial charge is 0.0110 e. The Balaban J connectivity index is 1.82. The largest absolute Gasteiger partial charge is 0.314 e. The van der Waals surface area contributed by atoms with E-state index in [-0.39, 0.29) is 0 Å². The molecule has 0 radical (unpaired) electrons. The van der Waals surface area contributed by atoms with Gasteiger partial charge in [-0.15, -0.1) is 0 Å². The lowest BCUT2D eigenvalue weighted by molar-refractivity contribution is 0.116. The molecule has 1 aliphatic heterocycles. The van der Waals surface area contributed by atoms with E-state index in [1.165, 1.54) is 58.3 Å². The molecule has 2 aliphatic rings. The molecule has 0 bridgehead atoms. The average Bonchev–Trinajstić information content (AvgIpc) is 2.30. The summed E-state index contributed by atoms with van der Waals surface area (Å²) in [6.45, 7) is 7.35. The third-order valence-electron chi connectivity index (χ3n) is 4.06. The summed E-state index contributed by atoms with van der Waals surface area (Å²) in [5.74, 6) is 0.988. The van der Waals surface area contributed by atoms with Crippen LogP contribution in [-0.4, -0.2) is 37.1 Å². The van der Waals surface area contributed by atoms with Gasteiger partial charge < -0.3 is 5.32 Å². The summed E-state index contributed by atoms with van der Waals surface area (Å²) < 4.78 is 0. The third-order valence-corrected chi connectivity index (χ3v) is 4.06. The van der Waals surface area contributed by atoms with E-state index in [1.807, 2.05) is 0 Å². The van der Waals surface area contributed by atoms with Crippen LogP contribution in [0.25, 0.3) is 0 Å². The Hall–Kier alpha value is -0.0800. The van der Waals surface area contributed by atoms with Crippen LogP contribution in [0.4, 0.5) is 0 Å². The molecule has 0 spiro atoms. The highest BCUT2D eigenvalue weighted by Crippen LogP contribution is 2.28. The number of nitrogens with zero attached hydrogens (tertiary/aromatic N) is 1. The van der Waals surface area contributed by atoms with Crippen LogP contribution in [0.3, 0.4) is 0 Å². The minimum atomic E-state index is 0.831. The van der Waals surface area contributed by atoms with Crippen LogP contribution >= 0.6 is 0 Å². The Labute approximate surface area is 88.1 Å². The molecule has 2 fully saturated rings. The molecular weight excluding hydrogens is 172 g/mol. The fourth-order valence-electron chi connectivity index (χ4n) is 3.00. The SMILES string of the molecule is CC(C1CCCCC1)N1CCNCC1. The fraction of sp³-hybridized carbons (Fsp3) is 1.00. The molecule has 1 atom stereocenters. The lowest BCUT2D eigenvalue weighted by Crippen LogP contribution is -2.50. The first-order valence-electron chi connectivity index (χ1n) is 6.32. The van der Waals surface area contributed by atoms with E-state index in [4.69, 9.17) is 0 Å². The van der Waals surface area contributed by atoms with Crippen LogP contribution in [0.15, 0.2) is 0 Å². The minimum absolute atomic E-state index is 0.831. The Bertz CT molecular complexity index is 140. The van der Waals surface area contributed by atoms with Crippen molar-refractivity contribution < 1.29 is 0 Å². The molecule has 82 valence electrons. The Morgan fingerprint density at radius 3 is 2.36 bits per heavy atom. The van der Waals surface area contributed by atoms with Gasteiger partial charge in [-0.05, 0) is 25.7 Å². The highest BCUT2D eigenvalue weighted by atomic mass is 15.2. The molecule has 0 amide bonds. The number of piperazine rings is 1. The van der Waals surface area contributed by atoms with Crippen molar-refractivity contribution in [3.05, 3.63) is 0 Å². The second-order valence-electron chi connectivity index (χ2n) is 4.92. The first-order valence-corrected chi connectivity index (χ1v) is 6.32. The zero-order chi connectivity index (χ0) is 9.80. The third kappa shape index (κ3) is 2.48. The zero-order valence-corrected chi connectivity index (χ0v) is 9.47. The molecule has 0 aromatic heterocycles. The lowest BCUT2D eigenvalue weighted by Gasteiger charge is -2.38. The van der Waals surface area contributed by atoms with Gasteiger partial charge in [0.15, 0.2) is 0 Å². The van der Waals surface area contributed by atoms with Gasteiger partial charge in [0.2, 0.25) is 0 Å². The summed E-state index contributed by atoms with van der Waals surface area (Å²) in [5.41, 5.74) is 0. The van der Waals surface area contributed by atoms with E-state index >= 15 is 0 Å². The summed E-state index contributed by atoms with van der Waals surface area (Å²) in [6.07, 6.45) is 7.38. The van der Waals surface area contributed by atoms with Gasteiger partial charge in [0, 0.05) is 32.2 Å². The molecule has 1 N–H and O–H groups in total. The molecular formula is C12H24N2. The average molecular weight is 196 g/mol. The molecule has 14 heavy (non-hydrogen) atoms. The van der Waals surface area contributed by atoms with Gasteiger partial charge in [0.25, 0.3) is 0 Å². The first kappa shape index (κ1) is 10.4. The van der Waals surface area contributed by atoms with Crippen LogP contribution in [-0.2, 0) is 0 Å². The summed E-state index contributed by atoms with van der Waals surface area (Å²) in [4.78, 5) is 2.69. The monoisotopic (exact) mass is 196 g/mol. The summed E-state index contributed by atoms with van der Waals surface area (Å²) in [5, 5.41) is 3.43. The Kier molecular flexibility index (Phi) is 3.82. The molecule has 2 heteroatoms. The number of nitrogens with one attached hydrogen (secondary N) is 1. The minimum Gasteiger partial charge on any atom is -0.314 e. The molecule has 1 heterocycles. The molecule has 2 nitrogen and oxygen atoms in total. The molecule has 1 aliphatic carbocycles. The van der Waals surface area contributed by atoms with Gasteiger partial charge >= 0.3 is 0 Å². The maximum absolute atomic E-state index is 3.43. The Morgan fingerprint density at radius 1 is 1.07 bits per heavy atom. The Morgan fingerprint density at radius 2 is 1.71 bits per heavy atom. The highest BCUT2D eigenvalue weighted by Gasteiger charge is 2.25. The van der Waals surface area contributed by atoms with Gasteiger partial charge in [0.05, 0.1) is 0 Å². The normalized spacial score (nSPS) is 28.9. The van der Waals surface area contributed by atoms with Crippen LogP contribution in [0.5, 0.6) is 0 Å². The summed E-state index contributed by atoms with van der Waals surface area (Å²) in [7, 11) is 0. The van der Waals surface area contributed by atoms with Crippen molar-refractivity contribution in [3.8, 4) is 0 Å². The van der Waals surface area contributed by atoms with E-state index in [0.717, 1.165) is 12.0 Å². The van der Waals surface area contributed by atoms with Crippen LogP contribution < -0.4 is 5.32 Å². The second-order valence-corrected chi connectivity index (χ2v) is 4.92. The number of hydrogen-bond donors (Lipinski definition) is 1. The van der Waals surface area contributed by atoms with Crippen LogP contribution in [0.2, 0.25) is 0 Å². The fourth-order valence-corrected chi connectivity index (χ4v) is 3.00. The van der Waals surface area contributed by atoms with Crippen molar-refractivity contribution in [2.24, 2.45) is 5.92 Å². The maximum Gasteiger partial charge on any atom is 0.0110 e. The number of rotatable bonds is 2. The number of hydrogen-bond acceptors (Lipinski definition) is 2. The lowest BCUT2D eigenvalue weighted by atomic mass is 9.84. The van der Waals surface area contributed by atoms with Gasteiger partial charge in [-0.1, -0.05) is 19.3 Å². The van der Waals surface area contributed by atoms with Crippen LogP contribution in [0.1, 0.15) is 39.0 Å². The van der Waals surface area contributed by atoms with Crippen molar-refractivity contribution in [2.45, 2.75) is 45.1 Å². The quantitative estimate of drug-likeness (QED) is 0.725. The topological polar surface area (TPSA) is 15.3 Å². The molecule has 0 aromatic rings. The van der Waals surface area contributed by atoms with Gasteiger partial charge in [0.1, 0.15) is 0 Å². The van der Waals surface area contributed by atoms with E-state index in [9.17, 15) is 0 Å². The predicted octanol–water partition coefficient (Wildman–Crippen LogP) is 1.86.